The minimum Gasteiger partial charge on any atom is -0.323 e. The van der Waals surface area contributed by atoms with Crippen LogP contribution in [0, 0.1) is 0 Å². The molecular formula is C7H8Cl2NO3P. The van der Waals surface area contributed by atoms with Gasteiger partial charge >= 0.3 is 7.60 Å². The summed E-state index contributed by atoms with van der Waals surface area (Å²) in [4.78, 5) is 17.7. The fourth-order valence-corrected chi connectivity index (χ4v) is 2.11. The molecule has 1 rings (SSSR count). The van der Waals surface area contributed by atoms with Gasteiger partial charge in [0.25, 0.3) is 0 Å². The first-order chi connectivity index (χ1) is 6.32. The summed E-state index contributed by atoms with van der Waals surface area (Å²) in [5, 5.41) is 0.532. The predicted molar refractivity (Wildman–Crippen MR) is 55.4 cm³/mol. The number of hydrogen-bond acceptors (Lipinski definition) is 2. The molecule has 1 aromatic carbocycles. The van der Waals surface area contributed by atoms with Crippen LogP contribution in [0.4, 0.5) is 0 Å². The van der Waals surface area contributed by atoms with Gasteiger partial charge in [0.2, 0.25) is 0 Å². The lowest BCUT2D eigenvalue weighted by Gasteiger charge is -2.14. The van der Waals surface area contributed by atoms with E-state index < -0.39 is 13.4 Å². The van der Waals surface area contributed by atoms with Crippen LogP contribution in [0.25, 0.3) is 0 Å². The molecule has 0 spiro atoms. The van der Waals surface area contributed by atoms with Crippen molar-refractivity contribution in [1.82, 2.24) is 0 Å². The summed E-state index contributed by atoms with van der Waals surface area (Å²) in [6, 6.07) is 4.25. The Labute approximate surface area is 90.8 Å². The van der Waals surface area contributed by atoms with Crippen molar-refractivity contribution in [2.45, 2.75) is 5.78 Å². The number of benzene rings is 1. The first-order valence-electron chi connectivity index (χ1n) is 3.58. The lowest BCUT2D eigenvalue weighted by atomic mass is 10.2. The van der Waals surface area contributed by atoms with Gasteiger partial charge in [-0.2, -0.15) is 0 Å². The second-order valence-corrected chi connectivity index (χ2v) is 5.28. The van der Waals surface area contributed by atoms with Crippen LogP contribution in [0.1, 0.15) is 11.3 Å². The summed E-state index contributed by atoms with van der Waals surface area (Å²) in [6.07, 6.45) is 0. The second-order valence-electron chi connectivity index (χ2n) is 2.70. The highest BCUT2D eigenvalue weighted by Gasteiger charge is 2.27. The van der Waals surface area contributed by atoms with Gasteiger partial charge in [0.1, 0.15) is 5.78 Å². The third-order valence-corrected chi connectivity index (χ3v) is 3.21. The van der Waals surface area contributed by atoms with E-state index in [-0.39, 0.29) is 10.6 Å². The molecule has 0 amide bonds. The first kappa shape index (κ1) is 12.0. The van der Waals surface area contributed by atoms with Gasteiger partial charge in [-0.05, 0) is 17.7 Å². The van der Waals surface area contributed by atoms with Gasteiger partial charge in [0, 0.05) is 10.0 Å². The van der Waals surface area contributed by atoms with Crippen molar-refractivity contribution in [3.8, 4) is 0 Å². The number of halogens is 2. The standard InChI is InChI=1S/C7H8Cl2NO3P/c8-4-1-2-5(6(9)3-4)7(10)14(11,12)13/h1-3,7H,10H2,(H2,11,12,13)/t7-/m1/s1. The van der Waals surface area contributed by atoms with Crippen molar-refractivity contribution in [2.24, 2.45) is 5.73 Å². The largest absolute Gasteiger partial charge is 0.346 e. The van der Waals surface area contributed by atoms with Crippen LogP contribution in [-0.2, 0) is 4.57 Å². The molecule has 0 heterocycles. The molecule has 0 aliphatic rings. The highest BCUT2D eigenvalue weighted by molar-refractivity contribution is 7.52. The van der Waals surface area contributed by atoms with Gasteiger partial charge in [0.15, 0.2) is 0 Å². The van der Waals surface area contributed by atoms with E-state index in [1.165, 1.54) is 18.2 Å². The van der Waals surface area contributed by atoms with Crippen LogP contribution in [0.2, 0.25) is 10.0 Å². The quantitative estimate of drug-likeness (QED) is 0.707. The minimum atomic E-state index is -4.37. The smallest absolute Gasteiger partial charge is 0.323 e. The highest BCUT2D eigenvalue weighted by Crippen LogP contribution is 2.49. The lowest BCUT2D eigenvalue weighted by Crippen LogP contribution is -2.10. The summed E-state index contributed by atoms with van der Waals surface area (Å²) in [7, 11) is -4.37. The van der Waals surface area contributed by atoms with Gasteiger partial charge in [-0.3, -0.25) is 4.57 Å². The summed E-state index contributed by atoms with van der Waals surface area (Å²) >= 11 is 11.3. The Morgan fingerprint density at radius 1 is 1.36 bits per heavy atom. The molecule has 1 aromatic rings. The van der Waals surface area contributed by atoms with Crippen molar-refractivity contribution in [3.05, 3.63) is 33.8 Å². The fourth-order valence-electron chi connectivity index (χ4n) is 0.923. The topological polar surface area (TPSA) is 83.6 Å². The first-order valence-corrected chi connectivity index (χ1v) is 6.02. The average Bonchev–Trinajstić information content (AvgIpc) is 2.01. The Bertz CT molecular complexity index is 393. The van der Waals surface area contributed by atoms with Crippen molar-refractivity contribution < 1.29 is 14.4 Å². The molecule has 0 unspecified atom stereocenters. The summed E-state index contributed by atoms with van der Waals surface area (Å²) in [6.45, 7) is 0. The summed E-state index contributed by atoms with van der Waals surface area (Å²) in [5.41, 5.74) is 5.52. The maximum absolute atomic E-state index is 10.8. The molecule has 0 aliphatic carbocycles. The Hall–Kier alpha value is -0.0900. The normalized spacial score (nSPS) is 14.1. The third kappa shape index (κ3) is 2.70. The van der Waals surface area contributed by atoms with Gasteiger partial charge < -0.3 is 15.5 Å². The molecule has 0 saturated heterocycles. The molecule has 78 valence electrons. The SMILES string of the molecule is N[C@@H](c1ccc(Cl)cc1Cl)P(=O)(O)O. The minimum absolute atomic E-state index is 0.147. The van der Waals surface area contributed by atoms with Crippen molar-refractivity contribution in [1.29, 1.82) is 0 Å². The Morgan fingerprint density at radius 2 is 1.93 bits per heavy atom. The van der Waals surface area contributed by atoms with Gasteiger partial charge in [0.05, 0.1) is 0 Å². The molecule has 4 N–H and O–H groups in total. The van der Waals surface area contributed by atoms with E-state index in [1.807, 2.05) is 0 Å². The summed E-state index contributed by atoms with van der Waals surface area (Å²) in [5.74, 6) is -1.41. The Balaban J connectivity index is 3.14. The molecule has 0 bridgehead atoms. The molecule has 7 heteroatoms. The maximum Gasteiger partial charge on any atom is 0.346 e. The van der Waals surface area contributed by atoms with E-state index in [9.17, 15) is 4.57 Å². The van der Waals surface area contributed by atoms with Crippen LogP contribution >= 0.6 is 30.8 Å². The fraction of sp³-hybridized carbons (Fsp3) is 0.143. The predicted octanol–water partition coefficient (Wildman–Crippen LogP) is 2.13. The number of hydrogen-bond donors (Lipinski definition) is 3. The lowest BCUT2D eigenvalue weighted by molar-refractivity contribution is 0.359. The molecule has 0 saturated carbocycles. The zero-order chi connectivity index (χ0) is 10.9. The molecule has 0 radical (unpaired) electrons. The van der Waals surface area contributed by atoms with E-state index in [1.54, 1.807) is 0 Å². The van der Waals surface area contributed by atoms with Crippen LogP contribution in [0.15, 0.2) is 18.2 Å². The zero-order valence-electron chi connectivity index (χ0n) is 6.89. The van der Waals surface area contributed by atoms with Crippen molar-refractivity contribution >= 4 is 30.8 Å². The monoisotopic (exact) mass is 255 g/mol. The van der Waals surface area contributed by atoms with E-state index in [0.717, 1.165) is 0 Å². The van der Waals surface area contributed by atoms with Gasteiger partial charge in [-0.15, -0.1) is 0 Å². The average molecular weight is 256 g/mol. The molecule has 0 aromatic heterocycles. The number of nitrogens with two attached hydrogens (primary N) is 1. The van der Waals surface area contributed by atoms with Crippen LogP contribution < -0.4 is 5.73 Å². The maximum atomic E-state index is 10.8. The molecule has 14 heavy (non-hydrogen) atoms. The Kier molecular flexibility index (Phi) is 3.58. The molecular weight excluding hydrogens is 248 g/mol. The second kappa shape index (κ2) is 4.19. The third-order valence-electron chi connectivity index (χ3n) is 1.64. The molecule has 4 nitrogen and oxygen atoms in total. The zero-order valence-corrected chi connectivity index (χ0v) is 9.30. The summed E-state index contributed by atoms with van der Waals surface area (Å²) < 4.78 is 10.8. The van der Waals surface area contributed by atoms with Crippen molar-refractivity contribution in [3.63, 3.8) is 0 Å². The molecule has 1 atom stereocenters. The van der Waals surface area contributed by atoms with E-state index >= 15 is 0 Å². The van der Waals surface area contributed by atoms with Crippen LogP contribution in [0.5, 0.6) is 0 Å². The van der Waals surface area contributed by atoms with Gasteiger partial charge in [-0.25, -0.2) is 0 Å². The van der Waals surface area contributed by atoms with E-state index in [2.05, 4.69) is 0 Å². The number of rotatable bonds is 2. The van der Waals surface area contributed by atoms with Gasteiger partial charge in [-0.1, -0.05) is 29.3 Å². The van der Waals surface area contributed by atoms with Crippen molar-refractivity contribution in [2.75, 3.05) is 0 Å². The molecule has 0 fully saturated rings. The van der Waals surface area contributed by atoms with E-state index in [0.29, 0.717) is 5.02 Å². The van der Waals surface area contributed by atoms with Crippen LogP contribution in [0.3, 0.4) is 0 Å². The van der Waals surface area contributed by atoms with E-state index in [4.69, 9.17) is 38.7 Å². The highest BCUT2D eigenvalue weighted by atomic mass is 35.5. The molecule has 0 aliphatic heterocycles. The Morgan fingerprint density at radius 3 is 2.36 bits per heavy atom. The van der Waals surface area contributed by atoms with Crippen LogP contribution in [-0.4, -0.2) is 9.79 Å².